The molecule has 0 radical (unpaired) electrons. The Balaban J connectivity index is 0.000000175. The van der Waals surface area contributed by atoms with Gasteiger partial charge in [0.2, 0.25) is 0 Å². The molecule has 15 heteroatoms. The molecule has 8 rings (SSSR count). The Hall–Kier alpha value is -3.75. The number of aliphatic hydroxyl groups excluding tert-OH is 1. The third-order valence-electron chi connectivity index (χ3n) is 18.4. The molecule has 0 aromatic rings. The largest absolute Gasteiger partial charge is 0.463 e. The monoisotopic (exact) mass is 913 g/mol. The van der Waals surface area contributed by atoms with E-state index in [4.69, 9.17) is 14.2 Å². The number of Topliss-reactive ketones (excluding diaryl/α,β-unsaturated/α-hetero) is 2. The molecule has 0 aliphatic heterocycles. The molecule has 0 heterocycles. The van der Waals surface area contributed by atoms with Gasteiger partial charge in [0.25, 0.3) is 0 Å². The number of azo groups is 1. The lowest BCUT2D eigenvalue weighted by atomic mass is 9.45. The molecule has 0 aromatic heterocycles. The number of carbonyl (C=O) groups is 7. The Morgan fingerprint density at radius 3 is 1.34 bits per heavy atom. The zero-order valence-corrected chi connectivity index (χ0v) is 40.4. The smallest absolute Gasteiger partial charge is 0.452 e. The molecule has 0 spiro atoms. The Bertz CT molecular complexity index is 1830. The van der Waals surface area contributed by atoms with Gasteiger partial charge in [0.05, 0.1) is 19.3 Å². The number of ether oxygens (including phenoxy) is 5. The van der Waals surface area contributed by atoms with Crippen LogP contribution >= 0.6 is 0 Å². The summed E-state index contributed by atoms with van der Waals surface area (Å²) in [7, 11) is 0. The van der Waals surface area contributed by atoms with Crippen LogP contribution in [0.3, 0.4) is 0 Å². The summed E-state index contributed by atoms with van der Waals surface area (Å²) < 4.78 is 25.6. The van der Waals surface area contributed by atoms with Crippen LogP contribution in [0, 0.1) is 69.0 Å². The van der Waals surface area contributed by atoms with Crippen molar-refractivity contribution in [3.05, 3.63) is 0 Å². The van der Waals surface area contributed by atoms with Gasteiger partial charge in [-0.2, -0.15) is 0 Å². The first-order chi connectivity index (χ1) is 30.6. The summed E-state index contributed by atoms with van der Waals surface area (Å²) in [5.74, 6) is 3.10. The minimum Gasteiger partial charge on any atom is -0.463 e. The van der Waals surface area contributed by atoms with E-state index in [1.807, 2.05) is 0 Å². The van der Waals surface area contributed by atoms with Gasteiger partial charge >= 0.3 is 30.1 Å². The molecule has 1 N–H and O–H groups in total. The summed E-state index contributed by atoms with van der Waals surface area (Å²) in [6, 6.07) is 0. The molecular weight excluding hydrogens is 837 g/mol. The van der Waals surface area contributed by atoms with E-state index in [-0.39, 0.29) is 89.0 Å². The van der Waals surface area contributed by atoms with Crippen molar-refractivity contribution in [2.24, 2.45) is 79.2 Å². The average molecular weight is 913 g/mol. The first-order valence-electron chi connectivity index (χ1n) is 24.6. The van der Waals surface area contributed by atoms with Gasteiger partial charge < -0.3 is 28.8 Å². The molecular formula is C50H76N2O13. The van der Waals surface area contributed by atoms with Gasteiger partial charge in [-0.1, -0.05) is 37.9 Å². The van der Waals surface area contributed by atoms with Crippen molar-refractivity contribution >= 4 is 41.7 Å². The predicted octanol–water partition coefficient (Wildman–Crippen LogP) is 9.32. The van der Waals surface area contributed by atoms with E-state index >= 15 is 0 Å². The SMILES string of the molecule is CC(=O)O[C@@H]1CC[C@]2(C)C3CC[C@@]4(C)C(CC[C@@H]4OC(C)=O)[C@@H]3CC(=O)[C@H]2C1.CC(=O)O[C@H]1CCC2[C@@H]3CC(=O)[C@H]4C[C@@H](O)CC[C@]4(C)C3CC[C@@]21C.CCOC(=O)N=NC(=O)OCC. The van der Waals surface area contributed by atoms with E-state index < -0.39 is 12.2 Å². The number of fused-ring (bicyclic) bond motifs is 10. The number of ketones is 2. The number of nitrogens with zero attached hydrogens (tertiary/aromatic N) is 2. The molecule has 8 saturated carbocycles. The maximum absolute atomic E-state index is 13.2. The van der Waals surface area contributed by atoms with Crippen molar-refractivity contribution in [2.45, 2.75) is 189 Å². The number of hydrogen-bond acceptors (Lipinski definition) is 13. The second-order valence-corrected chi connectivity index (χ2v) is 21.7. The summed E-state index contributed by atoms with van der Waals surface area (Å²) >= 11 is 0. The Morgan fingerprint density at radius 2 is 0.923 bits per heavy atom. The van der Waals surface area contributed by atoms with Crippen LogP contribution in [0.5, 0.6) is 0 Å². The second-order valence-electron chi connectivity index (χ2n) is 21.7. The molecule has 8 aliphatic carbocycles. The summed E-state index contributed by atoms with van der Waals surface area (Å²) in [6.07, 6.45) is 12.5. The molecule has 0 saturated heterocycles. The van der Waals surface area contributed by atoms with Gasteiger partial charge in [0.15, 0.2) is 0 Å². The van der Waals surface area contributed by atoms with Crippen molar-refractivity contribution in [1.29, 1.82) is 0 Å². The quantitative estimate of drug-likeness (QED) is 0.155. The molecule has 65 heavy (non-hydrogen) atoms. The predicted molar refractivity (Wildman–Crippen MR) is 236 cm³/mol. The lowest BCUT2D eigenvalue weighted by molar-refractivity contribution is -0.174. The maximum atomic E-state index is 13.2. The van der Waals surface area contributed by atoms with Gasteiger partial charge in [-0.25, -0.2) is 9.59 Å². The highest BCUT2D eigenvalue weighted by Gasteiger charge is 2.64. The molecule has 8 fully saturated rings. The van der Waals surface area contributed by atoms with Crippen molar-refractivity contribution in [2.75, 3.05) is 13.2 Å². The minimum absolute atomic E-state index is 0.00344. The van der Waals surface area contributed by atoms with Crippen molar-refractivity contribution in [3.63, 3.8) is 0 Å². The van der Waals surface area contributed by atoms with Crippen LogP contribution in [0.15, 0.2) is 10.2 Å². The van der Waals surface area contributed by atoms with E-state index in [0.29, 0.717) is 72.8 Å². The van der Waals surface area contributed by atoms with Crippen LogP contribution in [-0.4, -0.2) is 84.4 Å². The fourth-order valence-corrected chi connectivity index (χ4v) is 15.4. The molecule has 4 unspecified atom stereocenters. The van der Waals surface area contributed by atoms with E-state index in [1.54, 1.807) is 13.8 Å². The third kappa shape index (κ3) is 10.2. The van der Waals surface area contributed by atoms with Crippen LogP contribution in [0.2, 0.25) is 0 Å². The average Bonchev–Trinajstić information content (AvgIpc) is 3.74. The number of rotatable bonds is 5. The molecule has 0 aromatic carbocycles. The van der Waals surface area contributed by atoms with Crippen molar-refractivity contribution < 1.29 is 62.4 Å². The highest BCUT2D eigenvalue weighted by Crippen LogP contribution is 2.67. The second kappa shape index (κ2) is 20.2. The fourth-order valence-electron chi connectivity index (χ4n) is 15.4. The fraction of sp³-hybridized carbons (Fsp3) is 0.860. The van der Waals surface area contributed by atoms with Gasteiger partial charge in [-0.05, 0) is 150 Å². The van der Waals surface area contributed by atoms with Gasteiger partial charge in [-0.3, -0.25) is 24.0 Å². The van der Waals surface area contributed by atoms with E-state index in [2.05, 4.69) is 47.4 Å². The van der Waals surface area contributed by atoms with E-state index in [0.717, 1.165) is 77.0 Å². The molecule has 16 atom stereocenters. The summed E-state index contributed by atoms with van der Waals surface area (Å²) in [5, 5.41) is 15.9. The van der Waals surface area contributed by atoms with Gasteiger partial charge in [0, 0.05) is 56.3 Å². The molecule has 15 nitrogen and oxygen atoms in total. The number of aliphatic hydroxyl groups is 1. The first-order valence-corrected chi connectivity index (χ1v) is 24.6. The molecule has 0 bridgehead atoms. The topological polar surface area (TPSA) is 211 Å². The number of esters is 3. The van der Waals surface area contributed by atoms with Crippen LogP contribution in [0.1, 0.15) is 165 Å². The van der Waals surface area contributed by atoms with E-state index in [9.17, 15) is 38.7 Å². The normalized spacial score (nSPS) is 42.3. The number of amides is 2. The molecule has 2 amide bonds. The maximum Gasteiger partial charge on any atom is 0.452 e. The zero-order chi connectivity index (χ0) is 47.6. The van der Waals surface area contributed by atoms with Gasteiger partial charge in [-0.15, -0.1) is 0 Å². The van der Waals surface area contributed by atoms with Crippen molar-refractivity contribution in [1.82, 2.24) is 0 Å². The summed E-state index contributed by atoms with van der Waals surface area (Å²) in [5.41, 5.74) is 0.104. The van der Waals surface area contributed by atoms with Gasteiger partial charge in [0.1, 0.15) is 29.9 Å². The third-order valence-corrected chi connectivity index (χ3v) is 18.4. The Morgan fingerprint density at radius 1 is 0.538 bits per heavy atom. The summed E-state index contributed by atoms with van der Waals surface area (Å²) in [4.78, 5) is 81.7. The molecule has 8 aliphatic rings. The lowest BCUT2D eigenvalue weighted by Gasteiger charge is -2.59. The minimum atomic E-state index is -0.898. The highest BCUT2D eigenvalue weighted by atomic mass is 16.6. The molecule has 364 valence electrons. The standard InChI is InChI=1S/C23H34O5.C21H32O4.C6H10N2O4/c1-13(24)27-15-7-9-22(3)18-8-10-23(4)17(5-6-21(23)28-14(2)25)16(18)12-20(26)19(22)11-15;1-12(22)25-19-5-4-15-14-11-18(24)17-10-13(23)6-8-20(17,2)16(14)7-9-21(15,19)3;1-3-11-5(9)7-8-6(10)12-4-2/h15-19,21H,5-12H2,1-4H3;13-17,19,23H,4-11H2,1-3H3;3-4H2,1-2H3/t15-,16+,17?,18?,19-,21+,22-,23+;13-,14-,15?,16?,17+,19-,20+,21-;/m10./s1. The van der Waals surface area contributed by atoms with Crippen LogP contribution in [0.25, 0.3) is 0 Å². The number of hydrogen-bond donors (Lipinski definition) is 1. The van der Waals surface area contributed by atoms with Crippen LogP contribution < -0.4 is 0 Å². The number of carbonyl (C=O) groups excluding carboxylic acids is 7. The van der Waals surface area contributed by atoms with Crippen molar-refractivity contribution in [3.8, 4) is 0 Å². The first kappa shape index (κ1) is 50.7. The van der Waals surface area contributed by atoms with Crippen LogP contribution in [-0.2, 0) is 47.7 Å². The Labute approximate surface area is 385 Å². The Kier molecular flexibility index (Phi) is 15.8. The van der Waals surface area contributed by atoms with Crippen LogP contribution in [0.4, 0.5) is 9.59 Å². The lowest BCUT2D eigenvalue weighted by Crippen LogP contribution is -2.57. The van der Waals surface area contributed by atoms with E-state index in [1.165, 1.54) is 20.8 Å². The highest BCUT2D eigenvalue weighted by molar-refractivity contribution is 5.84. The zero-order valence-electron chi connectivity index (χ0n) is 40.4. The summed E-state index contributed by atoms with van der Waals surface area (Å²) in [6.45, 7) is 17.3.